The largest absolute Gasteiger partial charge is 0.345 e. The number of amides is 1. The molecule has 0 bridgehead atoms. The molecule has 0 fully saturated rings. The van der Waals surface area contributed by atoms with Crippen LogP contribution in [0.1, 0.15) is 37.0 Å². The van der Waals surface area contributed by atoms with Crippen molar-refractivity contribution >= 4 is 29.1 Å². The SMILES string of the molecule is CCC(CC)(CCl)NC(=O)c1cc(Cl)ccc1F. The third-order valence-corrected chi connectivity index (χ3v) is 3.91. The quantitative estimate of drug-likeness (QED) is 0.816. The minimum Gasteiger partial charge on any atom is -0.345 e. The van der Waals surface area contributed by atoms with E-state index in [4.69, 9.17) is 23.2 Å². The molecule has 1 rings (SSSR count). The maximum absolute atomic E-state index is 13.6. The predicted octanol–water partition coefficient (Wildman–Crippen LogP) is 4.01. The van der Waals surface area contributed by atoms with E-state index in [1.807, 2.05) is 13.8 Å². The molecule has 1 N–H and O–H groups in total. The van der Waals surface area contributed by atoms with Gasteiger partial charge in [0.2, 0.25) is 0 Å². The summed E-state index contributed by atoms with van der Waals surface area (Å²) in [7, 11) is 0. The normalized spacial score (nSPS) is 11.4. The first-order valence-corrected chi connectivity index (χ1v) is 6.72. The number of halogens is 3. The molecular formula is C13H16Cl2FNO. The zero-order chi connectivity index (χ0) is 13.8. The van der Waals surface area contributed by atoms with Crippen LogP contribution in [0.2, 0.25) is 5.02 Å². The van der Waals surface area contributed by atoms with Crippen LogP contribution in [-0.2, 0) is 0 Å². The van der Waals surface area contributed by atoms with Crippen LogP contribution in [0.3, 0.4) is 0 Å². The van der Waals surface area contributed by atoms with E-state index >= 15 is 0 Å². The number of hydrogen-bond donors (Lipinski definition) is 1. The highest BCUT2D eigenvalue weighted by molar-refractivity contribution is 6.31. The Kier molecular flexibility index (Phi) is 5.42. The zero-order valence-electron chi connectivity index (χ0n) is 10.4. The molecule has 0 saturated heterocycles. The highest BCUT2D eigenvalue weighted by atomic mass is 35.5. The first kappa shape index (κ1) is 15.3. The number of carbonyl (C=O) groups is 1. The lowest BCUT2D eigenvalue weighted by Gasteiger charge is -2.30. The molecule has 0 heterocycles. The van der Waals surface area contributed by atoms with Gasteiger partial charge in [0, 0.05) is 10.9 Å². The molecule has 1 amide bonds. The summed E-state index contributed by atoms with van der Waals surface area (Å²) in [5.41, 5.74) is -0.563. The predicted molar refractivity (Wildman–Crippen MR) is 72.9 cm³/mol. The third kappa shape index (κ3) is 3.36. The summed E-state index contributed by atoms with van der Waals surface area (Å²) in [6.07, 6.45) is 1.36. The Balaban J connectivity index is 2.97. The van der Waals surface area contributed by atoms with Crippen molar-refractivity contribution in [2.75, 3.05) is 5.88 Å². The van der Waals surface area contributed by atoms with Crippen LogP contribution in [-0.4, -0.2) is 17.3 Å². The second-order valence-corrected chi connectivity index (χ2v) is 4.90. The molecule has 0 aliphatic heterocycles. The lowest BCUT2D eigenvalue weighted by molar-refractivity contribution is 0.0898. The van der Waals surface area contributed by atoms with E-state index in [9.17, 15) is 9.18 Å². The van der Waals surface area contributed by atoms with E-state index in [1.54, 1.807) is 0 Å². The van der Waals surface area contributed by atoms with E-state index in [0.29, 0.717) is 17.9 Å². The fraction of sp³-hybridized carbons (Fsp3) is 0.462. The summed E-state index contributed by atoms with van der Waals surface area (Å²) in [6.45, 7) is 3.86. The Morgan fingerprint density at radius 1 is 1.39 bits per heavy atom. The lowest BCUT2D eigenvalue weighted by atomic mass is 9.94. The van der Waals surface area contributed by atoms with Gasteiger partial charge in [0.25, 0.3) is 5.91 Å². The molecule has 100 valence electrons. The summed E-state index contributed by atoms with van der Waals surface area (Å²) in [5.74, 6) is -0.791. The molecule has 0 saturated carbocycles. The molecular weight excluding hydrogens is 276 g/mol. The van der Waals surface area contributed by atoms with Crippen molar-refractivity contribution in [3.8, 4) is 0 Å². The fourth-order valence-corrected chi connectivity index (χ4v) is 2.25. The topological polar surface area (TPSA) is 29.1 Å². The number of nitrogens with one attached hydrogen (secondary N) is 1. The summed E-state index contributed by atoms with van der Waals surface area (Å²) in [6, 6.07) is 3.90. The van der Waals surface area contributed by atoms with Crippen LogP contribution in [0.5, 0.6) is 0 Å². The molecule has 0 atom stereocenters. The van der Waals surface area contributed by atoms with Gasteiger partial charge < -0.3 is 5.32 Å². The Morgan fingerprint density at radius 2 is 2.00 bits per heavy atom. The molecule has 1 aromatic carbocycles. The molecule has 0 aromatic heterocycles. The zero-order valence-corrected chi connectivity index (χ0v) is 11.9. The number of carbonyl (C=O) groups excluding carboxylic acids is 1. The van der Waals surface area contributed by atoms with Crippen molar-refractivity contribution in [3.63, 3.8) is 0 Å². The Bertz CT molecular complexity index is 425. The van der Waals surface area contributed by atoms with Crippen molar-refractivity contribution in [3.05, 3.63) is 34.6 Å². The monoisotopic (exact) mass is 291 g/mol. The number of alkyl halides is 1. The second-order valence-electron chi connectivity index (χ2n) is 4.20. The molecule has 0 aliphatic rings. The van der Waals surface area contributed by atoms with Gasteiger partial charge in [-0.25, -0.2) is 4.39 Å². The van der Waals surface area contributed by atoms with E-state index in [1.165, 1.54) is 18.2 Å². The van der Waals surface area contributed by atoms with Crippen LogP contribution in [0.4, 0.5) is 4.39 Å². The molecule has 0 spiro atoms. The molecule has 0 aliphatic carbocycles. The average Bonchev–Trinajstić information content (AvgIpc) is 2.38. The fourth-order valence-electron chi connectivity index (χ4n) is 1.63. The van der Waals surface area contributed by atoms with Gasteiger partial charge in [-0.15, -0.1) is 11.6 Å². The number of benzene rings is 1. The Hall–Kier alpha value is -0.800. The van der Waals surface area contributed by atoms with Crippen LogP contribution in [0, 0.1) is 5.82 Å². The van der Waals surface area contributed by atoms with E-state index < -0.39 is 17.3 Å². The van der Waals surface area contributed by atoms with Gasteiger partial charge in [-0.3, -0.25) is 4.79 Å². The number of rotatable bonds is 5. The van der Waals surface area contributed by atoms with Crippen molar-refractivity contribution < 1.29 is 9.18 Å². The van der Waals surface area contributed by atoms with Crippen LogP contribution in [0.25, 0.3) is 0 Å². The Morgan fingerprint density at radius 3 is 2.50 bits per heavy atom. The summed E-state index contributed by atoms with van der Waals surface area (Å²) >= 11 is 11.7. The summed E-state index contributed by atoms with van der Waals surface area (Å²) in [4.78, 5) is 12.0. The van der Waals surface area contributed by atoms with Crippen molar-refractivity contribution in [1.82, 2.24) is 5.32 Å². The highest BCUT2D eigenvalue weighted by Crippen LogP contribution is 2.20. The van der Waals surface area contributed by atoms with Gasteiger partial charge in [-0.05, 0) is 31.0 Å². The summed E-state index contributed by atoms with van der Waals surface area (Å²) < 4.78 is 13.6. The van der Waals surface area contributed by atoms with Gasteiger partial charge in [-0.2, -0.15) is 0 Å². The van der Waals surface area contributed by atoms with Crippen molar-refractivity contribution in [2.45, 2.75) is 32.2 Å². The molecule has 18 heavy (non-hydrogen) atoms. The third-order valence-electron chi connectivity index (χ3n) is 3.16. The standard InChI is InChI=1S/C13H16Cl2FNO/c1-3-13(4-2,8-14)17-12(18)10-7-9(15)5-6-11(10)16/h5-7H,3-4,8H2,1-2H3,(H,17,18). The van der Waals surface area contributed by atoms with Crippen molar-refractivity contribution in [1.29, 1.82) is 0 Å². The molecule has 1 aromatic rings. The summed E-state index contributed by atoms with van der Waals surface area (Å²) in [5, 5.41) is 3.12. The number of hydrogen-bond acceptors (Lipinski definition) is 1. The minimum atomic E-state index is -0.590. The van der Waals surface area contributed by atoms with Gasteiger partial charge >= 0.3 is 0 Å². The van der Waals surface area contributed by atoms with Crippen LogP contribution < -0.4 is 5.32 Å². The first-order chi connectivity index (χ1) is 8.48. The first-order valence-electron chi connectivity index (χ1n) is 5.81. The molecule has 5 heteroatoms. The molecule has 0 unspecified atom stereocenters. The van der Waals surface area contributed by atoms with Crippen LogP contribution >= 0.6 is 23.2 Å². The smallest absolute Gasteiger partial charge is 0.254 e. The van der Waals surface area contributed by atoms with Crippen molar-refractivity contribution in [2.24, 2.45) is 0 Å². The van der Waals surface area contributed by atoms with Gasteiger partial charge in [0.05, 0.1) is 11.1 Å². The maximum atomic E-state index is 13.6. The van der Waals surface area contributed by atoms with E-state index in [0.717, 1.165) is 0 Å². The van der Waals surface area contributed by atoms with E-state index in [-0.39, 0.29) is 11.4 Å². The molecule has 2 nitrogen and oxygen atoms in total. The van der Waals surface area contributed by atoms with Gasteiger partial charge in [-0.1, -0.05) is 25.4 Å². The van der Waals surface area contributed by atoms with Gasteiger partial charge in [0.15, 0.2) is 0 Å². The van der Waals surface area contributed by atoms with Gasteiger partial charge in [0.1, 0.15) is 5.82 Å². The minimum absolute atomic E-state index is 0.0566. The van der Waals surface area contributed by atoms with E-state index in [2.05, 4.69) is 5.32 Å². The lowest BCUT2D eigenvalue weighted by Crippen LogP contribution is -2.49. The van der Waals surface area contributed by atoms with Crippen LogP contribution in [0.15, 0.2) is 18.2 Å². The highest BCUT2D eigenvalue weighted by Gasteiger charge is 2.28. The molecule has 0 radical (unpaired) electrons. The maximum Gasteiger partial charge on any atom is 0.254 e. The average molecular weight is 292 g/mol. The second kappa shape index (κ2) is 6.39. The Labute approximate surface area is 116 Å².